The number of pyridine rings is 1. The number of phenolic OH excluding ortho intramolecular Hbond substituents is 1. The van der Waals surface area contributed by atoms with Crippen LogP contribution in [0.25, 0.3) is 33.2 Å². The predicted molar refractivity (Wildman–Crippen MR) is 163 cm³/mol. The van der Waals surface area contributed by atoms with Gasteiger partial charge in [0.2, 0.25) is 0 Å². The molecule has 6 rings (SSSR count). The second kappa shape index (κ2) is 11.3. The Balaban J connectivity index is 1.32. The molecule has 40 heavy (non-hydrogen) atoms. The van der Waals surface area contributed by atoms with Crippen molar-refractivity contribution in [3.8, 4) is 28.0 Å². The van der Waals surface area contributed by atoms with Gasteiger partial charge >= 0.3 is 0 Å². The lowest BCUT2D eigenvalue weighted by Gasteiger charge is -2.17. The van der Waals surface area contributed by atoms with Crippen LogP contribution in [0.4, 0.5) is 11.4 Å². The van der Waals surface area contributed by atoms with Gasteiger partial charge in [-0.25, -0.2) is 0 Å². The number of carbonyl (C=O) groups excluding carboxylic acids is 1. The number of aromatic nitrogens is 1. The van der Waals surface area contributed by atoms with Gasteiger partial charge < -0.3 is 15.3 Å². The molecule has 0 atom stereocenters. The Morgan fingerprint density at radius 2 is 1.50 bits per heavy atom. The van der Waals surface area contributed by atoms with Gasteiger partial charge in [-0.1, -0.05) is 54.6 Å². The Labute approximate surface area is 235 Å². The Morgan fingerprint density at radius 1 is 0.850 bits per heavy atom. The van der Waals surface area contributed by atoms with Gasteiger partial charge in [0.05, 0.1) is 16.8 Å². The molecule has 1 aliphatic rings. The first-order valence-corrected chi connectivity index (χ1v) is 14.0. The summed E-state index contributed by atoms with van der Waals surface area (Å²) in [5.74, 6) is 0.235. The zero-order chi connectivity index (χ0) is 27.5. The van der Waals surface area contributed by atoms with E-state index in [1.807, 2.05) is 18.2 Å². The number of Topliss-reactive ketones (excluding diaryl/α,β-unsaturated/α-hetero) is 1. The number of hydrogen-bond acceptors (Lipinski definition) is 5. The molecular formula is C35H33N3O2. The van der Waals surface area contributed by atoms with E-state index in [1.165, 1.54) is 31.5 Å². The number of benzene rings is 4. The second-order valence-corrected chi connectivity index (χ2v) is 10.6. The largest absolute Gasteiger partial charge is 0.508 e. The zero-order valence-corrected chi connectivity index (χ0v) is 22.7. The monoisotopic (exact) mass is 527 g/mol. The molecule has 2 N–H and O–H groups in total. The van der Waals surface area contributed by atoms with Crippen LogP contribution in [0.2, 0.25) is 0 Å². The van der Waals surface area contributed by atoms with E-state index in [4.69, 9.17) is 0 Å². The molecule has 4 aromatic carbocycles. The molecule has 1 fully saturated rings. The molecule has 0 radical (unpaired) electrons. The molecule has 5 nitrogen and oxygen atoms in total. The predicted octanol–water partition coefficient (Wildman–Crippen LogP) is 7.86. The summed E-state index contributed by atoms with van der Waals surface area (Å²) in [7, 11) is 0. The van der Waals surface area contributed by atoms with E-state index in [1.54, 1.807) is 25.3 Å². The molecule has 5 aromatic rings. The third-order valence-electron chi connectivity index (χ3n) is 7.78. The maximum atomic E-state index is 12.7. The van der Waals surface area contributed by atoms with Crippen molar-refractivity contribution in [2.24, 2.45) is 0 Å². The first-order chi connectivity index (χ1) is 19.5. The van der Waals surface area contributed by atoms with Crippen molar-refractivity contribution in [2.45, 2.75) is 26.2 Å². The molecule has 0 spiro atoms. The minimum Gasteiger partial charge on any atom is -0.508 e. The summed E-state index contributed by atoms with van der Waals surface area (Å²) in [5.41, 5.74) is 8.71. The van der Waals surface area contributed by atoms with Crippen LogP contribution in [0.1, 0.15) is 35.7 Å². The number of carbonyl (C=O) groups is 1. The van der Waals surface area contributed by atoms with E-state index >= 15 is 0 Å². The second-order valence-electron chi connectivity index (χ2n) is 10.6. The van der Waals surface area contributed by atoms with E-state index in [2.05, 4.69) is 75.9 Å². The van der Waals surface area contributed by atoms with Crippen LogP contribution >= 0.6 is 0 Å². The standard InChI is InChI=1S/C35H33N3O2/c1-24(39)33-23-36-34-16-13-29(28-9-7-26(8-10-28)27-11-14-31(40)15-12-27)22-32(34)35(33)37-30-6-4-5-25(21-30)17-20-38-18-2-3-19-38/h4-16,21-23,40H,2-3,17-20H2,1H3,(H,36,37). The number of likely N-dealkylation sites (tertiary alicyclic amines) is 1. The van der Waals surface area contributed by atoms with Gasteiger partial charge in [-0.15, -0.1) is 0 Å². The number of nitrogens with one attached hydrogen (secondary N) is 1. The van der Waals surface area contributed by atoms with Gasteiger partial charge in [-0.3, -0.25) is 9.78 Å². The minimum atomic E-state index is -0.0225. The van der Waals surface area contributed by atoms with Gasteiger partial charge in [-0.05, 0) is 103 Å². The van der Waals surface area contributed by atoms with Gasteiger partial charge in [-0.2, -0.15) is 0 Å². The molecule has 1 aliphatic heterocycles. The van der Waals surface area contributed by atoms with E-state index < -0.39 is 0 Å². The zero-order valence-electron chi connectivity index (χ0n) is 22.7. The highest BCUT2D eigenvalue weighted by Gasteiger charge is 2.15. The number of rotatable bonds is 8. The van der Waals surface area contributed by atoms with Crippen molar-refractivity contribution in [2.75, 3.05) is 25.0 Å². The Kier molecular flexibility index (Phi) is 7.30. The van der Waals surface area contributed by atoms with Gasteiger partial charge in [0.25, 0.3) is 0 Å². The molecule has 5 heteroatoms. The molecule has 0 saturated carbocycles. The minimum absolute atomic E-state index is 0.0225. The molecule has 0 unspecified atom stereocenters. The Morgan fingerprint density at radius 3 is 2.20 bits per heavy atom. The van der Waals surface area contributed by atoms with E-state index in [0.717, 1.165) is 57.5 Å². The van der Waals surface area contributed by atoms with E-state index in [0.29, 0.717) is 5.56 Å². The van der Waals surface area contributed by atoms with Gasteiger partial charge in [0, 0.05) is 23.8 Å². The first kappa shape index (κ1) is 25.8. The Hall–Kier alpha value is -4.48. The van der Waals surface area contributed by atoms with Crippen LogP contribution in [-0.4, -0.2) is 40.4 Å². The molecule has 1 aromatic heterocycles. The van der Waals surface area contributed by atoms with E-state index in [9.17, 15) is 9.90 Å². The fourth-order valence-electron chi connectivity index (χ4n) is 5.53. The summed E-state index contributed by atoms with van der Waals surface area (Å²) < 4.78 is 0. The molecule has 1 saturated heterocycles. The summed E-state index contributed by atoms with van der Waals surface area (Å²) in [6.45, 7) is 5.07. The average Bonchev–Trinajstić information content (AvgIpc) is 3.51. The van der Waals surface area contributed by atoms with Crippen LogP contribution in [0.5, 0.6) is 5.75 Å². The number of hydrogen-bond donors (Lipinski definition) is 2. The van der Waals surface area contributed by atoms with Crippen LogP contribution in [0.15, 0.2) is 97.2 Å². The third-order valence-corrected chi connectivity index (χ3v) is 7.78. The van der Waals surface area contributed by atoms with Crippen LogP contribution in [0, 0.1) is 0 Å². The summed E-state index contributed by atoms with van der Waals surface area (Å²) in [6, 6.07) is 30.3. The van der Waals surface area contributed by atoms with Crippen LogP contribution in [-0.2, 0) is 6.42 Å². The van der Waals surface area contributed by atoms with Crippen LogP contribution < -0.4 is 5.32 Å². The topological polar surface area (TPSA) is 65.5 Å². The SMILES string of the molecule is CC(=O)c1cnc2ccc(-c3ccc(-c4ccc(O)cc4)cc3)cc2c1Nc1cccc(CCN2CCCC2)c1. The average molecular weight is 528 g/mol. The normalized spacial score (nSPS) is 13.5. The lowest BCUT2D eigenvalue weighted by atomic mass is 9.98. The van der Waals surface area contributed by atoms with Crippen molar-refractivity contribution in [3.63, 3.8) is 0 Å². The summed E-state index contributed by atoms with van der Waals surface area (Å²) in [4.78, 5) is 19.8. The third kappa shape index (κ3) is 5.61. The highest BCUT2D eigenvalue weighted by Crippen LogP contribution is 2.34. The first-order valence-electron chi connectivity index (χ1n) is 14.0. The molecule has 0 amide bonds. The summed E-state index contributed by atoms with van der Waals surface area (Å²) >= 11 is 0. The van der Waals surface area contributed by atoms with Crippen molar-refractivity contribution in [1.29, 1.82) is 0 Å². The number of ketones is 1. The molecule has 2 heterocycles. The molecule has 0 aliphatic carbocycles. The lowest BCUT2D eigenvalue weighted by molar-refractivity contribution is 0.101. The fraction of sp³-hybridized carbons (Fsp3) is 0.200. The summed E-state index contributed by atoms with van der Waals surface area (Å²) in [5, 5.41) is 14.1. The maximum Gasteiger partial charge on any atom is 0.163 e. The fourth-order valence-corrected chi connectivity index (χ4v) is 5.53. The van der Waals surface area contributed by atoms with E-state index in [-0.39, 0.29) is 11.5 Å². The maximum absolute atomic E-state index is 12.7. The van der Waals surface area contributed by atoms with Gasteiger partial charge in [0.1, 0.15) is 5.75 Å². The van der Waals surface area contributed by atoms with Crippen molar-refractivity contribution in [1.82, 2.24) is 9.88 Å². The van der Waals surface area contributed by atoms with Crippen molar-refractivity contribution in [3.05, 3.63) is 108 Å². The summed E-state index contributed by atoms with van der Waals surface area (Å²) in [6.07, 6.45) is 5.29. The number of phenols is 1. The Bertz CT molecular complexity index is 1650. The lowest BCUT2D eigenvalue weighted by Crippen LogP contribution is -2.21. The number of nitrogens with zero attached hydrogens (tertiary/aromatic N) is 2. The highest BCUT2D eigenvalue weighted by atomic mass is 16.3. The van der Waals surface area contributed by atoms with Crippen molar-refractivity contribution >= 4 is 28.1 Å². The van der Waals surface area contributed by atoms with Crippen molar-refractivity contribution < 1.29 is 9.90 Å². The van der Waals surface area contributed by atoms with Gasteiger partial charge in [0.15, 0.2) is 5.78 Å². The molecule has 0 bridgehead atoms. The van der Waals surface area contributed by atoms with Crippen LogP contribution in [0.3, 0.4) is 0 Å². The smallest absolute Gasteiger partial charge is 0.163 e. The molecular weight excluding hydrogens is 494 g/mol. The number of anilines is 2. The number of fused-ring (bicyclic) bond motifs is 1. The molecule has 200 valence electrons. The quantitative estimate of drug-likeness (QED) is 0.201. The highest BCUT2D eigenvalue weighted by molar-refractivity contribution is 6.08. The number of aromatic hydroxyl groups is 1.